The normalized spacial score (nSPS) is 10.5. The molecule has 0 amide bonds. The lowest BCUT2D eigenvalue weighted by Gasteiger charge is -1.96. The molecule has 1 rings (SSSR count). The van der Waals surface area contributed by atoms with Crippen molar-refractivity contribution in [3.63, 3.8) is 0 Å². The fourth-order valence-electron chi connectivity index (χ4n) is 0.965. The number of rotatable bonds is 2. The van der Waals surface area contributed by atoms with E-state index in [9.17, 15) is 8.42 Å². The van der Waals surface area contributed by atoms with Crippen molar-refractivity contribution in [1.82, 2.24) is 0 Å². The van der Waals surface area contributed by atoms with Gasteiger partial charge in [0.1, 0.15) is 0 Å². The number of hydrogen-bond acceptors (Lipinski definition) is 3. The van der Waals surface area contributed by atoms with E-state index in [1.165, 1.54) is 12.1 Å². The summed E-state index contributed by atoms with van der Waals surface area (Å²) in [5, 5.41) is 4.95. The van der Waals surface area contributed by atoms with E-state index in [2.05, 4.69) is 11.8 Å². The van der Waals surface area contributed by atoms with Crippen LogP contribution in [0, 0.1) is 11.8 Å². The molecule has 0 radical (unpaired) electrons. The van der Waals surface area contributed by atoms with Gasteiger partial charge in [-0.25, -0.2) is 13.6 Å². The molecule has 0 bridgehead atoms. The van der Waals surface area contributed by atoms with Crippen molar-refractivity contribution in [2.45, 2.75) is 11.3 Å². The second-order valence-corrected chi connectivity index (χ2v) is 4.47. The van der Waals surface area contributed by atoms with Crippen LogP contribution in [0.3, 0.4) is 0 Å². The van der Waals surface area contributed by atoms with Crippen LogP contribution < -0.4 is 10.9 Å². The predicted octanol–water partition coefficient (Wildman–Crippen LogP) is 0.0343. The number of primary sulfonamides is 1. The van der Waals surface area contributed by atoms with Gasteiger partial charge >= 0.3 is 0 Å². The highest BCUT2D eigenvalue weighted by Crippen LogP contribution is 2.07. The van der Waals surface area contributed by atoms with Crippen molar-refractivity contribution in [2.24, 2.45) is 10.9 Å². The molecule has 4 N–H and O–H groups in total. The molecule has 1 aromatic rings. The second-order valence-electron chi connectivity index (χ2n) is 2.91. The van der Waals surface area contributed by atoms with Crippen LogP contribution in [0.1, 0.15) is 12.0 Å². The summed E-state index contributed by atoms with van der Waals surface area (Å²) in [5.74, 6) is 5.71. The summed E-state index contributed by atoms with van der Waals surface area (Å²) in [5.41, 5.74) is 6.02. The Morgan fingerprint density at radius 2 is 1.80 bits per heavy atom. The Labute approximate surface area is 89.3 Å². The monoisotopic (exact) mass is 224 g/mol. The Bertz CT molecular complexity index is 480. The number of hydrogen-bond donors (Lipinski definition) is 2. The standard InChI is InChI=1S/C10H12N2O2S/c11-8-2-1-3-9-4-6-10(7-5-9)15(12,13)14/h4-7H,2,8,11H2,(H2,12,13,14). The molecule has 1 aromatic carbocycles. The first-order chi connectivity index (χ1) is 7.04. The van der Waals surface area contributed by atoms with Crippen LogP contribution in [-0.2, 0) is 10.0 Å². The Morgan fingerprint density at radius 1 is 1.20 bits per heavy atom. The zero-order chi connectivity index (χ0) is 11.3. The molecule has 0 aromatic heterocycles. The first-order valence-corrected chi connectivity index (χ1v) is 5.90. The van der Waals surface area contributed by atoms with Gasteiger partial charge in [0.15, 0.2) is 0 Å². The average molecular weight is 224 g/mol. The van der Waals surface area contributed by atoms with E-state index < -0.39 is 10.0 Å². The van der Waals surface area contributed by atoms with E-state index >= 15 is 0 Å². The van der Waals surface area contributed by atoms with Crippen molar-refractivity contribution in [2.75, 3.05) is 6.54 Å². The van der Waals surface area contributed by atoms with Gasteiger partial charge in [-0.3, -0.25) is 0 Å². The van der Waals surface area contributed by atoms with Crippen molar-refractivity contribution in [1.29, 1.82) is 0 Å². The molecular weight excluding hydrogens is 212 g/mol. The van der Waals surface area contributed by atoms with Gasteiger partial charge in [0.2, 0.25) is 10.0 Å². The summed E-state index contributed by atoms with van der Waals surface area (Å²) in [6.45, 7) is 0.516. The van der Waals surface area contributed by atoms with Gasteiger partial charge in [-0.2, -0.15) is 0 Å². The number of sulfonamides is 1. The third-order valence-corrected chi connectivity index (χ3v) is 2.61. The van der Waals surface area contributed by atoms with Crippen LogP contribution in [0.15, 0.2) is 29.2 Å². The third-order valence-electron chi connectivity index (χ3n) is 1.68. The number of nitrogens with two attached hydrogens (primary N) is 2. The molecule has 5 heteroatoms. The molecule has 0 aliphatic heterocycles. The minimum Gasteiger partial charge on any atom is -0.330 e. The fourth-order valence-corrected chi connectivity index (χ4v) is 1.48. The molecule has 0 spiro atoms. The molecule has 80 valence electrons. The van der Waals surface area contributed by atoms with E-state index in [1.807, 2.05) is 0 Å². The Hall–Kier alpha value is -1.35. The van der Waals surface area contributed by atoms with Gasteiger partial charge in [-0.05, 0) is 24.3 Å². The quantitative estimate of drug-likeness (QED) is 0.695. The molecule has 0 aliphatic carbocycles. The van der Waals surface area contributed by atoms with Crippen LogP contribution in [0.2, 0.25) is 0 Å². The molecule has 0 fully saturated rings. The Kier molecular flexibility index (Phi) is 3.86. The topological polar surface area (TPSA) is 86.2 Å². The van der Waals surface area contributed by atoms with Crippen LogP contribution in [0.25, 0.3) is 0 Å². The lowest BCUT2D eigenvalue weighted by molar-refractivity contribution is 0.598. The van der Waals surface area contributed by atoms with Crippen LogP contribution in [-0.4, -0.2) is 15.0 Å². The second kappa shape index (κ2) is 4.94. The SMILES string of the molecule is NCCC#Cc1ccc(S(N)(=O)=O)cc1. The average Bonchev–Trinajstić information content (AvgIpc) is 2.18. The number of benzene rings is 1. The van der Waals surface area contributed by atoms with Crippen molar-refractivity contribution < 1.29 is 8.42 Å². The first-order valence-electron chi connectivity index (χ1n) is 4.36. The summed E-state index contributed by atoms with van der Waals surface area (Å²) >= 11 is 0. The molecule has 0 saturated carbocycles. The smallest absolute Gasteiger partial charge is 0.238 e. The Morgan fingerprint density at radius 3 is 2.27 bits per heavy atom. The fraction of sp³-hybridized carbons (Fsp3) is 0.200. The maximum Gasteiger partial charge on any atom is 0.238 e. The van der Waals surface area contributed by atoms with Gasteiger partial charge in [0, 0.05) is 18.5 Å². The summed E-state index contributed by atoms with van der Waals surface area (Å²) in [6.07, 6.45) is 0.622. The van der Waals surface area contributed by atoms with Gasteiger partial charge in [0.25, 0.3) is 0 Å². The van der Waals surface area contributed by atoms with E-state index in [-0.39, 0.29) is 4.90 Å². The summed E-state index contributed by atoms with van der Waals surface area (Å²) in [6, 6.07) is 6.09. The first kappa shape index (κ1) is 11.7. The molecular formula is C10H12N2O2S. The van der Waals surface area contributed by atoms with Gasteiger partial charge in [-0.15, -0.1) is 0 Å². The van der Waals surface area contributed by atoms with Gasteiger partial charge in [0.05, 0.1) is 4.90 Å². The van der Waals surface area contributed by atoms with E-state index in [0.29, 0.717) is 13.0 Å². The molecule has 0 saturated heterocycles. The summed E-state index contributed by atoms with van der Waals surface area (Å²) < 4.78 is 21.9. The molecule has 15 heavy (non-hydrogen) atoms. The highest BCUT2D eigenvalue weighted by molar-refractivity contribution is 7.89. The highest BCUT2D eigenvalue weighted by Gasteiger charge is 2.05. The zero-order valence-corrected chi connectivity index (χ0v) is 8.92. The zero-order valence-electron chi connectivity index (χ0n) is 8.10. The lowest BCUT2D eigenvalue weighted by Crippen LogP contribution is -2.11. The molecule has 0 aliphatic rings. The van der Waals surface area contributed by atoms with Crippen molar-refractivity contribution >= 4 is 10.0 Å². The van der Waals surface area contributed by atoms with Crippen LogP contribution in [0.5, 0.6) is 0 Å². The molecule has 4 nitrogen and oxygen atoms in total. The Balaban J connectivity index is 2.88. The largest absolute Gasteiger partial charge is 0.330 e. The molecule has 0 unspecified atom stereocenters. The van der Waals surface area contributed by atoms with Crippen molar-refractivity contribution in [3.8, 4) is 11.8 Å². The van der Waals surface area contributed by atoms with Crippen molar-refractivity contribution in [3.05, 3.63) is 29.8 Å². The maximum absolute atomic E-state index is 10.9. The highest BCUT2D eigenvalue weighted by atomic mass is 32.2. The van der Waals surface area contributed by atoms with Gasteiger partial charge in [-0.1, -0.05) is 11.8 Å². The molecule has 0 atom stereocenters. The van der Waals surface area contributed by atoms with Crippen LogP contribution >= 0.6 is 0 Å². The van der Waals surface area contributed by atoms with E-state index in [1.54, 1.807) is 12.1 Å². The summed E-state index contributed by atoms with van der Waals surface area (Å²) in [4.78, 5) is 0.0897. The predicted molar refractivity (Wildman–Crippen MR) is 58.4 cm³/mol. The van der Waals surface area contributed by atoms with Gasteiger partial charge < -0.3 is 5.73 Å². The van der Waals surface area contributed by atoms with Crippen LogP contribution in [0.4, 0.5) is 0 Å². The minimum absolute atomic E-state index is 0.0897. The molecule has 0 heterocycles. The summed E-state index contributed by atoms with van der Waals surface area (Å²) in [7, 11) is -3.61. The third kappa shape index (κ3) is 3.72. The minimum atomic E-state index is -3.61. The van der Waals surface area contributed by atoms with E-state index in [0.717, 1.165) is 5.56 Å². The van der Waals surface area contributed by atoms with E-state index in [4.69, 9.17) is 10.9 Å². The lowest BCUT2D eigenvalue weighted by atomic mass is 10.2. The maximum atomic E-state index is 10.9.